The topological polar surface area (TPSA) is 21.3 Å². The van der Waals surface area contributed by atoms with E-state index >= 15 is 0 Å². The fourth-order valence-electron chi connectivity index (χ4n) is 3.88. The monoisotopic (exact) mass is 337 g/mol. The predicted molar refractivity (Wildman–Crippen MR) is 106 cm³/mol. The molecular weight excluding hydrogens is 306 g/mol. The van der Waals surface area contributed by atoms with Crippen molar-refractivity contribution in [2.24, 2.45) is 0 Å². The molecule has 2 aromatic rings. The lowest BCUT2D eigenvalue weighted by Gasteiger charge is -2.27. The minimum Gasteiger partial charge on any atom is -0.497 e. The van der Waals surface area contributed by atoms with Gasteiger partial charge in [0.1, 0.15) is 5.75 Å². The van der Waals surface area contributed by atoms with E-state index in [1.165, 1.54) is 36.8 Å². The summed E-state index contributed by atoms with van der Waals surface area (Å²) in [5.74, 6) is 1.61. The Kier molecular flexibility index (Phi) is 6.14. The molecule has 3 rings (SSSR count). The van der Waals surface area contributed by atoms with Gasteiger partial charge in [-0.15, -0.1) is 0 Å². The summed E-state index contributed by atoms with van der Waals surface area (Å²) in [5, 5.41) is 3.78. The van der Waals surface area contributed by atoms with Crippen molar-refractivity contribution in [3.63, 3.8) is 0 Å². The number of nitrogens with one attached hydrogen (secondary N) is 1. The highest BCUT2D eigenvalue weighted by molar-refractivity contribution is 5.36. The van der Waals surface area contributed by atoms with E-state index in [-0.39, 0.29) is 0 Å². The molecule has 1 N–H and O–H groups in total. The Morgan fingerprint density at radius 2 is 1.96 bits per heavy atom. The number of aryl methyl sites for hydroxylation is 3. The van der Waals surface area contributed by atoms with Crippen LogP contribution in [0.15, 0.2) is 42.5 Å². The lowest BCUT2D eigenvalue weighted by atomic mass is 9.82. The van der Waals surface area contributed by atoms with Crippen molar-refractivity contribution >= 4 is 0 Å². The van der Waals surface area contributed by atoms with E-state index in [9.17, 15) is 0 Å². The summed E-state index contributed by atoms with van der Waals surface area (Å²) in [6, 6.07) is 16.0. The highest BCUT2D eigenvalue weighted by atomic mass is 16.5. The van der Waals surface area contributed by atoms with Gasteiger partial charge in [-0.05, 0) is 80.7 Å². The summed E-state index contributed by atoms with van der Waals surface area (Å²) in [6.45, 7) is 5.60. The third kappa shape index (κ3) is 4.85. The van der Waals surface area contributed by atoms with Crippen molar-refractivity contribution in [1.29, 1.82) is 0 Å². The lowest BCUT2D eigenvalue weighted by Crippen LogP contribution is -2.32. The Morgan fingerprint density at radius 3 is 2.72 bits per heavy atom. The first-order valence-corrected chi connectivity index (χ1v) is 9.61. The molecule has 2 heteroatoms. The van der Waals surface area contributed by atoms with Crippen LogP contribution in [0.1, 0.15) is 54.4 Å². The number of methoxy groups -OCH3 is 1. The number of rotatable bonds is 7. The molecule has 0 bridgehead atoms. The van der Waals surface area contributed by atoms with E-state index < -0.39 is 0 Å². The summed E-state index contributed by atoms with van der Waals surface area (Å²) < 4.78 is 5.22. The van der Waals surface area contributed by atoms with Gasteiger partial charge in [-0.1, -0.05) is 35.9 Å². The molecule has 0 spiro atoms. The van der Waals surface area contributed by atoms with E-state index in [2.05, 4.69) is 49.5 Å². The zero-order valence-electron chi connectivity index (χ0n) is 15.8. The second kappa shape index (κ2) is 8.53. The molecule has 0 aliphatic heterocycles. The Balaban J connectivity index is 1.48. The maximum atomic E-state index is 5.22. The molecule has 0 radical (unpaired) electrons. The predicted octanol–water partition coefficient (Wildman–Crippen LogP) is 5.03. The molecule has 0 heterocycles. The van der Waals surface area contributed by atoms with Crippen molar-refractivity contribution in [2.45, 2.75) is 57.9 Å². The van der Waals surface area contributed by atoms with Crippen molar-refractivity contribution < 1.29 is 4.74 Å². The number of hydrogen-bond acceptors (Lipinski definition) is 2. The van der Waals surface area contributed by atoms with Crippen LogP contribution in [0.3, 0.4) is 0 Å². The lowest BCUT2D eigenvalue weighted by molar-refractivity contribution is 0.414. The first-order valence-electron chi connectivity index (χ1n) is 9.61. The zero-order chi connectivity index (χ0) is 17.6. The summed E-state index contributed by atoms with van der Waals surface area (Å²) in [6.07, 6.45) is 6.16. The van der Waals surface area contributed by atoms with Gasteiger partial charge < -0.3 is 10.1 Å². The van der Waals surface area contributed by atoms with Gasteiger partial charge in [0, 0.05) is 12.6 Å². The summed E-state index contributed by atoms with van der Waals surface area (Å²) >= 11 is 0. The zero-order valence-corrected chi connectivity index (χ0v) is 15.8. The number of ether oxygens (including phenoxy) is 1. The molecule has 2 aromatic carbocycles. The van der Waals surface area contributed by atoms with Crippen molar-refractivity contribution in [3.05, 3.63) is 64.7 Å². The molecule has 2 atom stereocenters. The molecule has 1 aliphatic carbocycles. The quantitative estimate of drug-likeness (QED) is 0.765. The van der Waals surface area contributed by atoms with E-state index in [1.54, 1.807) is 18.2 Å². The first-order chi connectivity index (χ1) is 12.2. The molecular formula is C23H31NO. The minimum atomic E-state index is 0.540. The largest absolute Gasteiger partial charge is 0.497 e. The Bertz CT molecular complexity index is 677. The molecule has 0 saturated heterocycles. The Morgan fingerprint density at radius 1 is 1.16 bits per heavy atom. The molecule has 2 nitrogen and oxygen atoms in total. The third-order valence-electron chi connectivity index (χ3n) is 5.47. The van der Waals surface area contributed by atoms with Gasteiger partial charge in [-0.3, -0.25) is 0 Å². The van der Waals surface area contributed by atoms with Gasteiger partial charge >= 0.3 is 0 Å². The molecule has 134 valence electrons. The SMILES string of the molecule is COc1ccc(CCC(C)NCC2CCCc3cc(C)ccc32)cc1. The van der Waals surface area contributed by atoms with E-state index in [0.29, 0.717) is 12.0 Å². The van der Waals surface area contributed by atoms with Crippen molar-refractivity contribution in [3.8, 4) is 5.75 Å². The molecule has 2 unspecified atom stereocenters. The van der Waals surface area contributed by atoms with E-state index in [0.717, 1.165) is 18.7 Å². The van der Waals surface area contributed by atoms with Crippen LogP contribution in [0, 0.1) is 6.92 Å². The van der Waals surface area contributed by atoms with Gasteiger partial charge in [-0.25, -0.2) is 0 Å². The van der Waals surface area contributed by atoms with Crippen LogP contribution in [0.4, 0.5) is 0 Å². The van der Waals surface area contributed by atoms with Crippen molar-refractivity contribution in [2.75, 3.05) is 13.7 Å². The molecule has 1 aliphatic rings. The van der Waals surface area contributed by atoms with Gasteiger partial charge in [0.25, 0.3) is 0 Å². The number of hydrogen-bond donors (Lipinski definition) is 1. The normalized spacial score (nSPS) is 17.8. The summed E-state index contributed by atoms with van der Waals surface area (Å²) in [7, 11) is 1.71. The van der Waals surface area contributed by atoms with Gasteiger partial charge in [0.2, 0.25) is 0 Å². The minimum absolute atomic E-state index is 0.540. The van der Waals surface area contributed by atoms with Gasteiger partial charge in [0.05, 0.1) is 7.11 Å². The maximum absolute atomic E-state index is 5.22. The van der Waals surface area contributed by atoms with Gasteiger partial charge in [0.15, 0.2) is 0 Å². The Labute approximate surface area is 152 Å². The number of fused-ring (bicyclic) bond motifs is 1. The second-order valence-corrected chi connectivity index (χ2v) is 7.49. The molecule has 0 fully saturated rings. The van der Waals surface area contributed by atoms with Crippen LogP contribution in [0.5, 0.6) is 5.75 Å². The van der Waals surface area contributed by atoms with E-state index in [1.807, 2.05) is 12.1 Å². The third-order valence-corrected chi connectivity index (χ3v) is 5.47. The fraction of sp³-hybridized carbons (Fsp3) is 0.478. The van der Waals surface area contributed by atoms with Gasteiger partial charge in [-0.2, -0.15) is 0 Å². The smallest absolute Gasteiger partial charge is 0.118 e. The standard InChI is InChI=1S/C23H31NO/c1-17-7-14-23-20(15-17)5-4-6-21(23)16-24-18(2)8-9-19-10-12-22(25-3)13-11-19/h7,10-15,18,21,24H,4-6,8-9,16H2,1-3H3. The van der Waals surface area contributed by atoms with Crippen LogP contribution in [-0.2, 0) is 12.8 Å². The molecule has 25 heavy (non-hydrogen) atoms. The fourth-order valence-corrected chi connectivity index (χ4v) is 3.88. The summed E-state index contributed by atoms with van der Waals surface area (Å²) in [5.41, 5.74) is 5.92. The average Bonchev–Trinajstić information content (AvgIpc) is 2.64. The van der Waals surface area contributed by atoms with Crippen molar-refractivity contribution in [1.82, 2.24) is 5.32 Å². The maximum Gasteiger partial charge on any atom is 0.118 e. The summed E-state index contributed by atoms with van der Waals surface area (Å²) in [4.78, 5) is 0. The van der Waals surface area contributed by atoms with Crippen LogP contribution in [0.25, 0.3) is 0 Å². The van der Waals surface area contributed by atoms with Crippen LogP contribution in [-0.4, -0.2) is 19.7 Å². The van der Waals surface area contributed by atoms with E-state index in [4.69, 9.17) is 4.74 Å². The highest BCUT2D eigenvalue weighted by Gasteiger charge is 2.20. The van der Waals surface area contributed by atoms with Crippen LogP contribution in [0.2, 0.25) is 0 Å². The highest BCUT2D eigenvalue weighted by Crippen LogP contribution is 2.31. The second-order valence-electron chi connectivity index (χ2n) is 7.49. The Hall–Kier alpha value is -1.80. The average molecular weight is 338 g/mol. The van der Waals surface area contributed by atoms with Crippen LogP contribution < -0.4 is 10.1 Å². The first kappa shape index (κ1) is 18.0. The van der Waals surface area contributed by atoms with Crippen LogP contribution >= 0.6 is 0 Å². The molecule has 0 aromatic heterocycles. The number of benzene rings is 2. The molecule has 0 amide bonds. The molecule has 0 saturated carbocycles.